The lowest BCUT2D eigenvalue weighted by molar-refractivity contribution is 0.565. The highest BCUT2D eigenvalue weighted by atomic mass is 79.9. The molecule has 3 aromatic heterocycles. The van der Waals surface area contributed by atoms with Crippen LogP contribution >= 0.6 is 28.1 Å². The van der Waals surface area contributed by atoms with Gasteiger partial charge in [0.25, 0.3) is 0 Å². The predicted molar refractivity (Wildman–Crippen MR) is 140 cm³/mol. The van der Waals surface area contributed by atoms with Crippen molar-refractivity contribution in [1.82, 2.24) is 19.9 Å². The Kier molecular flexibility index (Phi) is 5.76. The summed E-state index contributed by atoms with van der Waals surface area (Å²) in [5.74, 6) is 0. The molecule has 0 radical (unpaired) electrons. The van der Waals surface area contributed by atoms with Gasteiger partial charge in [0.2, 0.25) is 0 Å². The van der Waals surface area contributed by atoms with Crippen LogP contribution in [-0.4, -0.2) is 19.6 Å². The van der Waals surface area contributed by atoms with E-state index >= 15 is 0 Å². The third kappa shape index (κ3) is 3.85. The summed E-state index contributed by atoms with van der Waals surface area (Å²) in [4.78, 5) is 11.2. The summed E-state index contributed by atoms with van der Waals surface area (Å²) >= 11 is 9.51. The molecule has 5 rings (SSSR count). The topological polar surface area (TPSA) is 46.0 Å². The van der Waals surface area contributed by atoms with Gasteiger partial charge in [0.05, 0.1) is 29.7 Å². The lowest BCUT2D eigenvalue weighted by Crippen LogP contribution is -2.29. The molecule has 1 fully saturated rings. The fourth-order valence-corrected chi connectivity index (χ4v) is 5.29. The van der Waals surface area contributed by atoms with Crippen molar-refractivity contribution in [2.75, 3.05) is 4.90 Å². The summed E-state index contributed by atoms with van der Waals surface area (Å²) in [6, 6.07) is 18.6. The second kappa shape index (κ2) is 8.72. The molecule has 1 aromatic carbocycles. The summed E-state index contributed by atoms with van der Waals surface area (Å²) in [6.45, 7) is 6.39. The number of benzene rings is 1. The zero-order valence-corrected chi connectivity index (χ0v) is 21.1. The van der Waals surface area contributed by atoms with Crippen molar-refractivity contribution < 1.29 is 0 Å². The normalized spacial score (nSPS) is 17.9. The molecule has 0 unspecified atom stereocenters. The number of nitrogens with zero attached hydrogens (tertiary/aromatic N) is 4. The van der Waals surface area contributed by atoms with Crippen molar-refractivity contribution in [3.8, 4) is 5.69 Å². The van der Waals surface area contributed by atoms with Gasteiger partial charge in [-0.05, 0) is 92.6 Å². The number of anilines is 1. The quantitative estimate of drug-likeness (QED) is 0.329. The number of aromatic nitrogens is 3. The van der Waals surface area contributed by atoms with Gasteiger partial charge < -0.3 is 14.8 Å². The molecule has 1 aliphatic rings. The number of nitrogens with one attached hydrogen (secondary N) is 1. The Balaban J connectivity index is 1.69. The van der Waals surface area contributed by atoms with Gasteiger partial charge in [-0.2, -0.15) is 0 Å². The first-order chi connectivity index (χ1) is 16.0. The first-order valence-corrected chi connectivity index (χ1v) is 12.0. The average Bonchev–Trinajstić information content (AvgIpc) is 3.32. The molecule has 166 valence electrons. The van der Waals surface area contributed by atoms with Gasteiger partial charge in [0.15, 0.2) is 5.11 Å². The van der Waals surface area contributed by atoms with E-state index in [1.165, 1.54) is 5.56 Å². The molecular formula is C26H24BrN5S. The number of aryl methyl sites for hydroxylation is 2. The number of thiocarbonyl (C=S) groups is 1. The van der Waals surface area contributed by atoms with E-state index in [1.54, 1.807) is 6.20 Å². The van der Waals surface area contributed by atoms with Crippen LogP contribution in [0, 0.1) is 20.8 Å². The van der Waals surface area contributed by atoms with Crippen LogP contribution in [-0.2, 0) is 0 Å². The maximum atomic E-state index is 5.89. The van der Waals surface area contributed by atoms with Gasteiger partial charge in [-0.1, -0.05) is 22.0 Å². The largest absolute Gasteiger partial charge is 0.351 e. The van der Waals surface area contributed by atoms with Crippen molar-refractivity contribution in [3.63, 3.8) is 0 Å². The molecule has 0 bridgehead atoms. The Morgan fingerprint density at radius 1 is 0.970 bits per heavy atom. The molecule has 4 heterocycles. The molecule has 4 aromatic rings. The molecule has 1 saturated heterocycles. The summed E-state index contributed by atoms with van der Waals surface area (Å²) in [5.41, 5.74) is 7.76. The minimum absolute atomic E-state index is 0.0513. The number of halogens is 1. The van der Waals surface area contributed by atoms with E-state index in [1.807, 2.05) is 30.6 Å². The first kappa shape index (κ1) is 21.8. The molecule has 2 atom stereocenters. The van der Waals surface area contributed by atoms with Gasteiger partial charge in [0, 0.05) is 33.9 Å². The standard InChI is InChI=1S/C26H24BrN5S/c1-16-13-19(9-10-22(16)27)32-25(24(30-26(32)33)23-8-4-5-12-29-23)21-14-17(2)31(18(21)3)20-7-6-11-28-15-20/h4-15,24-25H,1-3H3,(H,30,33)/t24-,25-/m0/s1. The molecule has 1 N–H and O–H groups in total. The summed E-state index contributed by atoms with van der Waals surface area (Å²) in [6.07, 6.45) is 5.53. The van der Waals surface area contributed by atoms with E-state index in [-0.39, 0.29) is 12.1 Å². The Morgan fingerprint density at radius 3 is 2.52 bits per heavy atom. The zero-order valence-electron chi connectivity index (χ0n) is 18.7. The molecule has 0 spiro atoms. The van der Waals surface area contributed by atoms with Crippen LogP contribution in [0.5, 0.6) is 0 Å². The smallest absolute Gasteiger partial charge is 0.174 e. The van der Waals surface area contributed by atoms with E-state index < -0.39 is 0 Å². The van der Waals surface area contributed by atoms with Crippen LogP contribution in [0.15, 0.2) is 77.7 Å². The minimum atomic E-state index is -0.0782. The van der Waals surface area contributed by atoms with Crippen LogP contribution in [0.25, 0.3) is 5.69 Å². The molecule has 33 heavy (non-hydrogen) atoms. The van der Waals surface area contributed by atoms with Crippen molar-refractivity contribution in [1.29, 1.82) is 0 Å². The zero-order chi connectivity index (χ0) is 23.1. The van der Waals surface area contributed by atoms with E-state index in [9.17, 15) is 0 Å². The molecule has 0 aliphatic carbocycles. The lowest BCUT2D eigenvalue weighted by atomic mass is 9.96. The fourth-order valence-electron chi connectivity index (χ4n) is 4.70. The van der Waals surface area contributed by atoms with Gasteiger partial charge in [-0.3, -0.25) is 9.97 Å². The van der Waals surface area contributed by atoms with Crippen molar-refractivity contribution in [2.24, 2.45) is 0 Å². The monoisotopic (exact) mass is 517 g/mol. The number of hydrogen-bond donors (Lipinski definition) is 1. The van der Waals surface area contributed by atoms with Gasteiger partial charge in [0.1, 0.15) is 0 Å². The van der Waals surface area contributed by atoms with Crippen molar-refractivity contribution in [3.05, 3.63) is 106 Å². The number of rotatable bonds is 4. The fraction of sp³-hybridized carbons (Fsp3) is 0.192. The van der Waals surface area contributed by atoms with Gasteiger partial charge >= 0.3 is 0 Å². The van der Waals surface area contributed by atoms with Crippen LogP contribution < -0.4 is 10.2 Å². The minimum Gasteiger partial charge on any atom is -0.351 e. The van der Waals surface area contributed by atoms with E-state index in [0.29, 0.717) is 5.11 Å². The Bertz CT molecular complexity index is 1320. The molecule has 0 amide bonds. The van der Waals surface area contributed by atoms with E-state index in [4.69, 9.17) is 12.2 Å². The van der Waals surface area contributed by atoms with Crippen molar-refractivity contribution in [2.45, 2.75) is 32.9 Å². The molecule has 7 heteroatoms. The first-order valence-electron chi connectivity index (χ1n) is 10.8. The highest BCUT2D eigenvalue weighted by molar-refractivity contribution is 9.10. The second-order valence-electron chi connectivity index (χ2n) is 8.30. The maximum Gasteiger partial charge on any atom is 0.174 e. The van der Waals surface area contributed by atoms with E-state index in [2.05, 4.69) is 97.9 Å². The third-order valence-corrected chi connectivity index (χ3v) is 7.42. The van der Waals surface area contributed by atoms with Gasteiger partial charge in [-0.25, -0.2) is 0 Å². The predicted octanol–water partition coefficient (Wildman–Crippen LogP) is 6.13. The highest BCUT2D eigenvalue weighted by Crippen LogP contribution is 2.44. The highest BCUT2D eigenvalue weighted by Gasteiger charge is 2.42. The average molecular weight is 518 g/mol. The summed E-state index contributed by atoms with van der Waals surface area (Å²) in [5, 5.41) is 4.26. The van der Waals surface area contributed by atoms with Crippen LogP contribution in [0.1, 0.15) is 40.3 Å². The maximum absolute atomic E-state index is 5.89. The summed E-state index contributed by atoms with van der Waals surface area (Å²) in [7, 11) is 0. The SMILES string of the molecule is Cc1cc(N2C(=S)N[C@@H](c3ccccn3)[C@@H]2c2cc(C)n(-c3cccnc3)c2C)ccc1Br. The summed E-state index contributed by atoms with van der Waals surface area (Å²) < 4.78 is 3.33. The molecule has 0 saturated carbocycles. The Morgan fingerprint density at radius 2 is 1.82 bits per heavy atom. The van der Waals surface area contributed by atoms with Crippen molar-refractivity contribution >= 4 is 38.9 Å². The molecular weight excluding hydrogens is 494 g/mol. The van der Waals surface area contributed by atoms with Gasteiger partial charge in [-0.15, -0.1) is 0 Å². The molecule has 1 aliphatic heterocycles. The number of hydrogen-bond acceptors (Lipinski definition) is 3. The Hall–Kier alpha value is -3.03. The lowest BCUT2D eigenvalue weighted by Gasteiger charge is -2.28. The van der Waals surface area contributed by atoms with Crippen LogP contribution in [0.4, 0.5) is 5.69 Å². The third-order valence-electron chi connectivity index (χ3n) is 6.21. The number of pyridine rings is 2. The second-order valence-corrected chi connectivity index (χ2v) is 9.54. The van der Waals surface area contributed by atoms with Crippen LogP contribution in [0.3, 0.4) is 0 Å². The van der Waals surface area contributed by atoms with E-state index in [0.717, 1.165) is 38.5 Å². The van der Waals surface area contributed by atoms with Crippen LogP contribution in [0.2, 0.25) is 0 Å². The molecule has 5 nitrogen and oxygen atoms in total. The Labute approximate surface area is 207 Å².